The van der Waals surface area contributed by atoms with E-state index in [1.54, 1.807) is 24.3 Å². The number of benzene rings is 2. The van der Waals surface area contributed by atoms with Crippen molar-refractivity contribution in [3.63, 3.8) is 0 Å². The van der Waals surface area contributed by atoms with Crippen LogP contribution in [0.15, 0.2) is 48.5 Å². The van der Waals surface area contributed by atoms with Crippen molar-refractivity contribution >= 4 is 40.8 Å². The molecule has 32 heavy (non-hydrogen) atoms. The molecule has 0 aliphatic heterocycles. The van der Waals surface area contributed by atoms with Crippen LogP contribution in [-0.4, -0.2) is 55.0 Å². The first-order chi connectivity index (χ1) is 15.5. The third-order valence-electron chi connectivity index (χ3n) is 5.08. The molecule has 1 amide bonds. The Labute approximate surface area is 199 Å². The lowest BCUT2D eigenvalue weighted by atomic mass is 10.0. The van der Waals surface area contributed by atoms with Crippen LogP contribution in [0.25, 0.3) is 0 Å². The largest absolute Gasteiger partial charge is 0.508 e. The average Bonchev–Trinajstić information content (AvgIpc) is 2.80. The van der Waals surface area contributed by atoms with Gasteiger partial charge >= 0.3 is 5.97 Å². The molecule has 2 aromatic rings. The lowest BCUT2D eigenvalue weighted by Crippen LogP contribution is -2.43. The molecule has 0 radical (unpaired) electrons. The van der Waals surface area contributed by atoms with Crippen LogP contribution in [0, 0.1) is 0 Å². The Bertz CT molecular complexity index is 838. The average molecular weight is 481 g/mol. The van der Waals surface area contributed by atoms with E-state index in [9.17, 15) is 14.7 Å². The van der Waals surface area contributed by atoms with Gasteiger partial charge in [0.1, 0.15) is 11.8 Å². The van der Waals surface area contributed by atoms with Crippen LogP contribution in [-0.2, 0) is 27.2 Å². The maximum atomic E-state index is 12.4. The summed E-state index contributed by atoms with van der Waals surface area (Å²) in [6.07, 6.45) is 2.00. The maximum absolute atomic E-state index is 12.4. The summed E-state index contributed by atoms with van der Waals surface area (Å²) >= 11 is 11.7. The summed E-state index contributed by atoms with van der Waals surface area (Å²) in [6.45, 7) is 1.47. The number of rotatable bonds is 13. The number of carbonyl (C=O) groups excluding carboxylic acids is 2. The summed E-state index contributed by atoms with van der Waals surface area (Å²) in [4.78, 5) is 26.6. The molecule has 0 aliphatic carbocycles. The predicted octanol–water partition coefficient (Wildman–Crippen LogP) is 3.90. The number of ether oxygens (including phenoxy) is 1. The highest BCUT2D eigenvalue weighted by atomic mass is 35.5. The minimum Gasteiger partial charge on any atom is -0.508 e. The summed E-state index contributed by atoms with van der Waals surface area (Å²) < 4.78 is 4.82. The Morgan fingerprint density at radius 1 is 1.00 bits per heavy atom. The van der Waals surface area contributed by atoms with E-state index < -0.39 is 12.0 Å². The minimum atomic E-state index is -0.772. The van der Waals surface area contributed by atoms with Gasteiger partial charge in [0.15, 0.2) is 0 Å². The van der Waals surface area contributed by atoms with Gasteiger partial charge in [-0.15, -0.1) is 23.2 Å². The van der Waals surface area contributed by atoms with E-state index in [1.165, 1.54) is 7.11 Å². The van der Waals surface area contributed by atoms with Crippen molar-refractivity contribution in [1.82, 2.24) is 5.32 Å². The van der Waals surface area contributed by atoms with Crippen LogP contribution < -0.4 is 10.2 Å². The van der Waals surface area contributed by atoms with Gasteiger partial charge in [-0.25, -0.2) is 4.79 Å². The van der Waals surface area contributed by atoms with Gasteiger partial charge in [-0.1, -0.05) is 24.3 Å². The highest BCUT2D eigenvalue weighted by molar-refractivity contribution is 6.18. The number of nitrogens with zero attached hydrogens (tertiary/aromatic N) is 1. The summed E-state index contributed by atoms with van der Waals surface area (Å²) in [7, 11) is 1.30. The summed E-state index contributed by atoms with van der Waals surface area (Å²) in [5.74, 6) is 0.512. The standard InChI is InChI=1S/C24H30Cl2N2O4/c1-32-24(31)22(17-19-7-11-21(29)12-8-19)27-23(30)4-2-3-18-5-9-20(10-6-18)28(15-13-25)16-14-26/h5-12,22,29H,2-4,13-17H2,1H3,(H,27,30)/t22-/m1/s1. The number of nitrogens with one attached hydrogen (secondary N) is 1. The van der Waals surface area contributed by atoms with E-state index in [4.69, 9.17) is 27.9 Å². The number of carbonyl (C=O) groups is 2. The minimum absolute atomic E-state index is 0.145. The number of anilines is 1. The quantitative estimate of drug-likeness (QED) is 0.335. The van der Waals surface area contributed by atoms with Crippen molar-refractivity contribution in [2.45, 2.75) is 31.7 Å². The molecule has 174 valence electrons. The van der Waals surface area contributed by atoms with E-state index in [2.05, 4.69) is 10.2 Å². The number of methoxy groups -OCH3 is 1. The zero-order chi connectivity index (χ0) is 23.3. The van der Waals surface area contributed by atoms with Gasteiger partial charge in [-0.2, -0.15) is 0 Å². The van der Waals surface area contributed by atoms with Crippen LogP contribution >= 0.6 is 23.2 Å². The fraction of sp³-hybridized carbons (Fsp3) is 0.417. The van der Waals surface area contributed by atoms with Crippen molar-refractivity contribution < 1.29 is 19.4 Å². The zero-order valence-electron chi connectivity index (χ0n) is 18.2. The lowest BCUT2D eigenvalue weighted by molar-refractivity contribution is -0.145. The van der Waals surface area contributed by atoms with Crippen LogP contribution in [0.3, 0.4) is 0 Å². The predicted molar refractivity (Wildman–Crippen MR) is 129 cm³/mol. The molecule has 8 heteroatoms. The van der Waals surface area contributed by atoms with Crippen molar-refractivity contribution in [3.05, 3.63) is 59.7 Å². The highest BCUT2D eigenvalue weighted by Gasteiger charge is 2.21. The molecular weight excluding hydrogens is 451 g/mol. The molecule has 2 aromatic carbocycles. The number of halogens is 2. The Kier molecular flexibility index (Phi) is 11.2. The number of amides is 1. The van der Waals surface area contributed by atoms with E-state index in [1.807, 2.05) is 24.3 Å². The van der Waals surface area contributed by atoms with Crippen LogP contribution in [0.5, 0.6) is 5.75 Å². The molecule has 1 atom stereocenters. The molecule has 0 heterocycles. The number of hydrogen-bond donors (Lipinski definition) is 2. The van der Waals surface area contributed by atoms with Gasteiger partial charge in [0, 0.05) is 43.4 Å². The number of phenolic OH excluding ortho intramolecular Hbond substituents is 1. The fourth-order valence-electron chi connectivity index (χ4n) is 3.37. The molecule has 2 rings (SSSR count). The molecule has 6 nitrogen and oxygen atoms in total. The fourth-order valence-corrected chi connectivity index (χ4v) is 3.78. The number of esters is 1. The molecule has 0 spiro atoms. The van der Waals surface area contributed by atoms with Gasteiger partial charge in [0.2, 0.25) is 5.91 Å². The monoisotopic (exact) mass is 480 g/mol. The number of alkyl halides is 2. The summed E-state index contributed by atoms with van der Waals surface area (Å²) in [5, 5.41) is 12.2. The number of hydrogen-bond acceptors (Lipinski definition) is 5. The Morgan fingerprint density at radius 3 is 2.16 bits per heavy atom. The van der Waals surface area contributed by atoms with Crippen molar-refractivity contribution in [2.24, 2.45) is 0 Å². The molecule has 0 aliphatic rings. The van der Waals surface area contributed by atoms with Gasteiger partial charge in [0.05, 0.1) is 7.11 Å². The van der Waals surface area contributed by atoms with Crippen LogP contribution in [0.4, 0.5) is 5.69 Å². The zero-order valence-corrected chi connectivity index (χ0v) is 19.7. The first-order valence-electron chi connectivity index (χ1n) is 10.6. The molecule has 0 fully saturated rings. The molecule has 0 aromatic heterocycles. The number of aromatic hydroxyl groups is 1. The Balaban J connectivity index is 1.85. The van der Waals surface area contributed by atoms with Crippen molar-refractivity contribution in [2.75, 3.05) is 36.9 Å². The summed E-state index contributed by atoms with van der Waals surface area (Å²) in [6, 6.07) is 13.9. The topological polar surface area (TPSA) is 78.9 Å². The second-order valence-electron chi connectivity index (χ2n) is 7.40. The molecule has 0 bridgehead atoms. The normalized spacial score (nSPS) is 11.6. The first-order valence-corrected chi connectivity index (χ1v) is 11.6. The van der Waals surface area contributed by atoms with Gasteiger partial charge in [0.25, 0.3) is 0 Å². The first kappa shape index (κ1) is 25.8. The Morgan fingerprint density at radius 2 is 1.59 bits per heavy atom. The third kappa shape index (κ3) is 8.60. The Hall–Kier alpha value is -2.44. The third-order valence-corrected chi connectivity index (χ3v) is 5.41. The van der Waals surface area contributed by atoms with E-state index >= 15 is 0 Å². The van der Waals surface area contributed by atoms with Crippen molar-refractivity contribution in [1.29, 1.82) is 0 Å². The number of phenols is 1. The van der Waals surface area contributed by atoms with E-state index in [0.717, 1.165) is 36.3 Å². The van der Waals surface area contributed by atoms with E-state index in [0.29, 0.717) is 31.0 Å². The second-order valence-corrected chi connectivity index (χ2v) is 8.15. The van der Waals surface area contributed by atoms with Crippen LogP contribution in [0.2, 0.25) is 0 Å². The highest BCUT2D eigenvalue weighted by Crippen LogP contribution is 2.17. The molecule has 0 saturated carbocycles. The molecule has 2 N–H and O–H groups in total. The van der Waals surface area contributed by atoms with Crippen LogP contribution in [0.1, 0.15) is 24.0 Å². The van der Waals surface area contributed by atoms with Gasteiger partial charge in [-0.3, -0.25) is 4.79 Å². The SMILES string of the molecule is COC(=O)[C@@H](Cc1ccc(O)cc1)NC(=O)CCCc1ccc(N(CCCl)CCCl)cc1. The van der Waals surface area contributed by atoms with Gasteiger partial charge < -0.3 is 20.1 Å². The smallest absolute Gasteiger partial charge is 0.328 e. The maximum Gasteiger partial charge on any atom is 0.328 e. The second kappa shape index (κ2) is 13.9. The molecule has 0 saturated heterocycles. The molecule has 0 unspecified atom stereocenters. The molecular formula is C24H30Cl2N2O4. The lowest BCUT2D eigenvalue weighted by Gasteiger charge is -2.23. The van der Waals surface area contributed by atoms with Gasteiger partial charge in [-0.05, 0) is 48.2 Å². The summed E-state index contributed by atoms with van der Waals surface area (Å²) in [5.41, 5.74) is 3.02. The van der Waals surface area contributed by atoms with E-state index in [-0.39, 0.29) is 11.7 Å². The number of aryl methyl sites for hydroxylation is 1. The van der Waals surface area contributed by atoms with Crippen molar-refractivity contribution in [3.8, 4) is 5.75 Å².